The molecule has 0 unspecified atom stereocenters. The topological polar surface area (TPSA) is 71.1 Å². The van der Waals surface area contributed by atoms with Crippen molar-refractivity contribution in [2.45, 2.75) is 20.3 Å². The summed E-state index contributed by atoms with van der Waals surface area (Å²) in [5.74, 6) is 0.526. The van der Waals surface area contributed by atoms with Gasteiger partial charge in [-0.25, -0.2) is 0 Å². The SMILES string of the molecule is COc1ccc(/C=C(\CCOC(C)=O)COC(C)=O)cc1OC. The number of rotatable bonds is 8. The lowest BCUT2D eigenvalue weighted by Crippen LogP contribution is -2.07. The molecule has 0 aliphatic carbocycles. The van der Waals surface area contributed by atoms with Crippen molar-refractivity contribution in [2.24, 2.45) is 0 Å². The van der Waals surface area contributed by atoms with E-state index in [1.165, 1.54) is 13.8 Å². The normalized spacial score (nSPS) is 10.9. The first kappa shape index (κ1) is 18.5. The molecular weight excluding hydrogens is 300 g/mol. The highest BCUT2D eigenvalue weighted by Gasteiger charge is 2.06. The summed E-state index contributed by atoms with van der Waals surface area (Å²) in [4.78, 5) is 21.8. The Kier molecular flexibility index (Phi) is 7.66. The van der Waals surface area contributed by atoms with Gasteiger partial charge in [-0.1, -0.05) is 12.1 Å². The molecule has 0 aliphatic rings. The van der Waals surface area contributed by atoms with Crippen molar-refractivity contribution in [1.82, 2.24) is 0 Å². The Morgan fingerprint density at radius 1 is 1.00 bits per heavy atom. The van der Waals surface area contributed by atoms with E-state index in [0.29, 0.717) is 17.9 Å². The second-order valence-corrected chi connectivity index (χ2v) is 4.79. The van der Waals surface area contributed by atoms with E-state index in [9.17, 15) is 9.59 Å². The lowest BCUT2D eigenvalue weighted by molar-refractivity contribution is -0.142. The zero-order valence-electron chi connectivity index (χ0n) is 13.9. The number of methoxy groups -OCH3 is 2. The molecule has 0 atom stereocenters. The van der Waals surface area contributed by atoms with Crippen molar-refractivity contribution in [2.75, 3.05) is 27.4 Å². The second kappa shape index (κ2) is 9.50. The lowest BCUT2D eigenvalue weighted by Gasteiger charge is -2.10. The predicted octanol–water partition coefficient (Wildman–Crippen LogP) is 2.60. The fraction of sp³-hybridized carbons (Fsp3) is 0.412. The molecule has 23 heavy (non-hydrogen) atoms. The van der Waals surface area contributed by atoms with E-state index in [1.54, 1.807) is 20.3 Å². The van der Waals surface area contributed by atoms with Crippen LogP contribution in [0.5, 0.6) is 11.5 Å². The van der Waals surface area contributed by atoms with Crippen LogP contribution in [-0.4, -0.2) is 39.4 Å². The molecule has 126 valence electrons. The molecule has 0 spiro atoms. The van der Waals surface area contributed by atoms with Gasteiger partial charge in [-0.2, -0.15) is 0 Å². The Morgan fingerprint density at radius 2 is 1.65 bits per heavy atom. The van der Waals surface area contributed by atoms with Crippen LogP contribution in [0.25, 0.3) is 6.08 Å². The van der Waals surface area contributed by atoms with Gasteiger partial charge < -0.3 is 18.9 Å². The van der Waals surface area contributed by atoms with Gasteiger partial charge in [-0.3, -0.25) is 9.59 Å². The third-order valence-corrected chi connectivity index (χ3v) is 2.97. The van der Waals surface area contributed by atoms with Gasteiger partial charge in [0, 0.05) is 20.3 Å². The molecule has 1 aromatic rings. The van der Waals surface area contributed by atoms with Gasteiger partial charge in [0.1, 0.15) is 6.61 Å². The zero-order valence-corrected chi connectivity index (χ0v) is 13.9. The molecule has 0 aliphatic heterocycles. The molecule has 6 heteroatoms. The van der Waals surface area contributed by atoms with Crippen LogP contribution in [0.15, 0.2) is 23.8 Å². The molecule has 1 aromatic carbocycles. The van der Waals surface area contributed by atoms with Gasteiger partial charge in [0.15, 0.2) is 11.5 Å². The maximum atomic E-state index is 11.0. The van der Waals surface area contributed by atoms with E-state index in [4.69, 9.17) is 18.9 Å². The van der Waals surface area contributed by atoms with Gasteiger partial charge in [0.05, 0.1) is 20.8 Å². The van der Waals surface area contributed by atoms with Crippen molar-refractivity contribution in [1.29, 1.82) is 0 Å². The smallest absolute Gasteiger partial charge is 0.302 e. The Balaban J connectivity index is 2.91. The largest absolute Gasteiger partial charge is 0.493 e. The van der Waals surface area contributed by atoms with Crippen molar-refractivity contribution in [3.63, 3.8) is 0 Å². The molecular formula is C17H22O6. The third-order valence-electron chi connectivity index (χ3n) is 2.97. The van der Waals surface area contributed by atoms with Gasteiger partial charge in [-0.05, 0) is 23.3 Å². The second-order valence-electron chi connectivity index (χ2n) is 4.79. The van der Waals surface area contributed by atoms with E-state index in [0.717, 1.165) is 11.1 Å². The predicted molar refractivity (Wildman–Crippen MR) is 85.4 cm³/mol. The van der Waals surface area contributed by atoms with Crippen LogP contribution in [0.2, 0.25) is 0 Å². The summed E-state index contributed by atoms with van der Waals surface area (Å²) in [7, 11) is 3.13. The first-order chi connectivity index (χ1) is 11.0. The van der Waals surface area contributed by atoms with Crippen LogP contribution in [0.1, 0.15) is 25.8 Å². The Hall–Kier alpha value is -2.50. The average molecular weight is 322 g/mol. The minimum Gasteiger partial charge on any atom is -0.493 e. The molecule has 0 heterocycles. The average Bonchev–Trinajstić information content (AvgIpc) is 2.51. The Morgan fingerprint density at radius 3 is 2.22 bits per heavy atom. The van der Waals surface area contributed by atoms with Crippen molar-refractivity contribution < 1.29 is 28.5 Å². The molecule has 0 N–H and O–H groups in total. The van der Waals surface area contributed by atoms with Gasteiger partial charge in [0.2, 0.25) is 0 Å². The standard InChI is InChI=1S/C17H22O6/c1-12(18)22-8-7-15(11-23-13(2)19)9-14-5-6-16(20-3)17(10-14)21-4/h5-6,9-10H,7-8,11H2,1-4H3/b15-9+. The first-order valence-corrected chi connectivity index (χ1v) is 7.14. The fourth-order valence-electron chi connectivity index (χ4n) is 1.88. The summed E-state index contributed by atoms with van der Waals surface area (Å²) in [6, 6.07) is 5.47. The van der Waals surface area contributed by atoms with Gasteiger partial charge in [0.25, 0.3) is 0 Å². The number of esters is 2. The van der Waals surface area contributed by atoms with Crippen LogP contribution < -0.4 is 9.47 Å². The van der Waals surface area contributed by atoms with Crippen LogP contribution in [-0.2, 0) is 19.1 Å². The molecule has 0 saturated heterocycles. The summed E-state index contributed by atoms with van der Waals surface area (Å²) in [6.45, 7) is 3.07. The minimum absolute atomic E-state index is 0.144. The third kappa shape index (κ3) is 6.86. The molecule has 0 aromatic heterocycles. The van der Waals surface area contributed by atoms with E-state index in [1.807, 2.05) is 18.2 Å². The first-order valence-electron chi connectivity index (χ1n) is 7.14. The van der Waals surface area contributed by atoms with E-state index in [2.05, 4.69) is 0 Å². The Labute approximate surface area is 136 Å². The number of carbonyl (C=O) groups excluding carboxylic acids is 2. The summed E-state index contributed by atoms with van der Waals surface area (Å²) in [5.41, 5.74) is 1.70. The lowest BCUT2D eigenvalue weighted by atomic mass is 10.1. The van der Waals surface area contributed by atoms with E-state index >= 15 is 0 Å². The van der Waals surface area contributed by atoms with Crippen molar-refractivity contribution in [3.8, 4) is 11.5 Å². The van der Waals surface area contributed by atoms with E-state index in [-0.39, 0.29) is 25.2 Å². The highest BCUT2D eigenvalue weighted by atomic mass is 16.5. The quantitative estimate of drug-likeness (QED) is 0.685. The van der Waals surface area contributed by atoms with Crippen LogP contribution in [0.3, 0.4) is 0 Å². The van der Waals surface area contributed by atoms with Gasteiger partial charge >= 0.3 is 11.9 Å². The molecule has 0 bridgehead atoms. The van der Waals surface area contributed by atoms with Crippen LogP contribution >= 0.6 is 0 Å². The highest BCUT2D eigenvalue weighted by Crippen LogP contribution is 2.28. The molecule has 0 fully saturated rings. The molecule has 0 radical (unpaired) electrons. The van der Waals surface area contributed by atoms with Gasteiger partial charge in [-0.15, -0.1) is 0 Å². The maximum Gasteiger partial charge on any atom is 0.302 e. The molecule has 6 nitrogen and oxygen atoms in total. The molecule has 1 rings (SSSR count). The molecule has 0 amide bonds. The fourth-order valence-corrected chi connectivity index (χ4v) is 1.88. The number of benzene rings is 1. The van der Waals surface area contributed by atoms with Crippen molar-refractivity contribution in [3.05, 3.63) is 29.3 Å². The number of ether oxygens (including phenoxy) is 4. The highest BCUT2D eigenvalue weighted by molar-refractivity contribution is 5.67. The number of hydrogen-bond donors (Lipinski definition) is 0. The van der Waals surface area contributed by atoms with Crippen molar-refractivity contribution >= 4 is 18.0 Å². The van der Waals surface area contributed by atoms with Crippen LogP contribution in [0.4, 0.5) is 0 Å². The summed E-state index contributed by atoms with van der Waals surface area (Å²) in [6.07, 6.45) is 2.34. The summed E-state index contributed by atoms with van der Waals surface area (Å²) in [5, 5.41) is 0. The maximum absolute atomic E-state index is 11.0. The Bertz CT molecular complexity index is 576. The summed E-state index contributed by atoms with van der Waals surface area (Å²) < 4.78 is 20.4. The monoisotopic (exact) mass is 322 g/mol. The zero-order chi connectivity index (χ0) is 17.2. The molecule has 0 saturated carbocycles. The number of carbonyl (C=O) groups is 2. The number of hydrogen-bond acceptors (Lipinski definition) is 6. The summed E-state index contributed by atoms with van der Waals surface area (Å²) >= 11 is 0. The van der Waals surface area contributed by atoms with E-state index < -0.39 is 0 Å². The minimum atomic E-state index is -0.365. The van der Waals surface area contributed by atoms with Crippen LogP contribution in [0, 0.1) is 0 Å².